The van der Waals surface area contributed by atoms with Gasteiger partial charge in [0.25, 0.3) is 0 Å². The molecule has 3 aromatic heterocycles. The Balaban J connectivity index is 1.37. The number of pyridine rings is 1. The normalized spacial score (nSPS) is 15.2. The Hall–Kier alpha value is -2.76. The first-order valence-electron chi connectivity index (χ1n) is 8.01. The number of nitrogens with zero attached hydrogens (tertiary/aromatic N) is 6. The molecule has 7 nitrogen and oxygen atoms in total. The van der Waals surface area contributed by atoms with Crippen LogP contribution < -0.4 is 4.90 Å². The number of thiophene rings is 1. The average molecular weight is 352 g/mol. The molecule has 0 radical (unpaired) electrons. The first kappa shape index (κ1) is 15.7. The monoisotopic (exact) mass is 352 g/mol. The molecule has 1 fully saturated rings. The van der Waals surface area contributed by atoms with E-state index in [1.54, 1.807) is 29.7 Å². The highest BCUT2D eigenvalue weighted by atomic mass is 32.1. The Morgan fingerprint density at radius 1 is 1.24 bits per heavy atom. The summed E-state index contributed by atoms with van der Waals surface area (Å²) in [4.78, 5) is 13.3. The Labute approximate surface area is 149 Å². The smallest absolute Gasteiger partial charge is 0.241 e. The van der Waals surface area contributed by atoms with Crippen LogP contribution in [-0.4, -0.2) is 46.2 Å². The quantitative estimate of drug-likeness (QED) is 0.713. The van der Waals surface area contributed by atoms with Crippen molar-refractivity contribution in [3.8, 4) is 17.5 Å². The molecule has 8 heteroatoms. The molecule has 0 aliphatic carbocycles. The molecule has 0 aromatic carbocycles. The minimum absolute atomic E-state index is 0.619. The number of hydrogen-bond donors (Lipinski definition) is 0. The number of rotatable bonds is 4. The van der Waals surface area contributed by atoms with Crippen LogP contribution in [0.15, 0.2) is 39.7 Å². The summed E-state index contributed by atoms with van der Waals surface area (Å²) in [6, 6.07) is 7.79. The van der Waals surface area contributed by atoms with Gasteiger partial charge in [-0.15, -0.1) is 0 Å². The van der Waals surface area contributed by atoms with Crippen LogP contribution in [0.4, 0.5) is 5.82 Å². The van der Waals surface area contributed by atoms with E-state index in [0.717, 1.165) is 37.6 Å². The van der Waals surface area contributed by atoms with Crippen LogP contribution in [0.5, 0.6) is 0 Å². The molecule has 0 bridgehead atoms. The summed E-state index contributed by atoms with van der Waals surface area (Å²) < 4.78 is 5.37. The molecule has 1 saturated heterocycles. The Kier molecular flexibility index (Phi) is 4.41. The summed E-state index contributed by atoms with van der Waals surface area (Å²) in [6.45, 7) is 3.99. The van der Waals surface area contributed by atoms with Gasteiger partial charge < -0.3 is 9.42 Å². The van der Waals surface area contributed by atoms with Crippen molar-refractivity contribution in [1.82, 2.24) is 20.0 Å². The summed E-state index contributed by atoms with van der Waals surface area (Å²) >= 11 is 1.61. The zero-order valence-electron chi connectivity index (χ0n) is 13.5. The van der Waals surface area contributed by atoms with Crippen molar-refractivity contribution in [2.24, 2.45) is 0 Å². The molecule has 0 spiro atoms. The van der Waals surface area contributed by atoms with Crippen molar-refractivity contribution < 1.29 is 4.52 Å². The van der Waals surface area contributed by atoms with E-state index < -0.39 is 0 Å². The highest BCUT2D eigenvalue weighted by Crippen LogP contribution is 2.21. The van der Waals surface area contributed by atoms with E-state index in [9.17, 15) is 5.26 Å². The number of anilines is 1. The lowest BCUT2D eigenvalue weighted by Gasteiger charge is -2.34. The van der Waals surface area contributed by atoms with Crippen molar-refractivity contribution in [2.75, 3.05) is 31.1 Å². The van der Waals surface area contributed by atoms with E-state index in [4.69, 9.17) is 4.52 Å². The fourth-order valence-corrected chi connectivity index (χ4v) is 3.51. The number of hydrogen-bond acceptors (Lipinski definition) is 8. The third-order valence-corrected chi connectivity index (χ3v) is 4.87. The molecular weight excluding hydrogens is 336 g/mol. The first-order chi connectivity index (χ1) is 12.3. The Morgan fingerprint density at radius 2 is 2.12 bits per heavy atom. The zero-order chi connectivity index (χ0) is 17.1. The SMILES string of the molecule is N#Cc1cccnc1N1CCN(Cc2nc(-c3ccsc3)no2)CC1. The third-order valence-electron chi connectivity index (χ3n) is 4.19. The molecule has 1 aliphatic rings. The van der Waals surface area contributed by atoms with Crippen LogP contribution in [-0.2, 0) is 6.54 Å². The molecule has 0 N–H and O–H groups in total. The highest BCUT2D eigenvalue weighted by molar-refractivity contribution is 7.08. The van der Waals surface area contributed by atoms with Gasteiger partial charge in [-0.3, -0.25) is 4.90 Å². The topological polar surface area (TPSA) is 82.1 Å². The summed E-state index contributed by atoms with van der Waals surface area (Å²) in [7, 11) is 0. The molecule has 0 saturated carbocycles. The Morgan fingerprint density at radius 3 is 2.88 bits per heavy atom. The number of piperazine rings is 1. The van der Waals surface area contributed by atoms with Crippen molar-refractivity contribution in [3.63, 3.8) is 0 Å². The Bertz CT molecular complexity index is 877. The summed E-state index contributed by atoms with van der Waals surface area (Å²) in [5, 5.41) is 17.3. The summed E-state index contributed by atoms with van der Waals surface area (Å²) in [5.74, 6) is 2.04. The predicted octanol–water partition coefficient (Wildman–Crippen LogP) is 2.39. The van der Waals surface area contributed by atoms with Crippen molar-refractivity contribution in [1.29, 1.82) is 5.26 Å². The maximum atomic E-state index is 9.22. The molecular formula is C17H16N6OS. The van der Waals surface area contributed by atoms with Crippen LogP contribution >= 0.6 is 11.3 Å². The van der Waals surface area contributed by atoms with E-state index in [-0.39, 0.29) is 0 Å². The maximum absolute atomic E-state index is 9.22. The van der Waals surface area contributed by atoms with E-state index in [1.807, 2.05) is 16.8 Å². The van der Waals surface area contributed by atoms with Crippen LogP contribution in [0.1, 0.15) is 11.5 Å². The molecule has 3 aromatic rings. The largest absolute Gasteiger partial charge is 0.353 e. The van der Waals surface area contributed by atoms with Gasteiger partial charge in [0.15, 0.2) is 0 Å². The predicted molar refractivity (Wildman–Crippen MR) is 94.1 cm³/mol. The van der Waals surface area contributed by atoms with E-state index in [0.29, 0.717) is 23.8 Å². The third kappa shape index (κ3) is 3.38. The molecule has 25 heavy (non-hydrogen) atoms. The van der Waals surface area contributed by atoms with Crippen LogP contribution in [0.3, 0.4) is 0 Å². The lowest BCUT2D eigenvalue weighted by atomic mass is 10.2. The summed E-state index contributed by atoms with van der Waals surface area (Å²) in [6.07, 6.45) is 1.73. The van der Waals surface area contributed by atoms with Gasteiger partial charge in [0.05, 0.1) is 12.1 Å². The number of nitriles is 1. The molecule has 0 unspecified atom stereocenters. The van der Waals surface area contributed by atoms with Gasteiger partial charge in [-0.2, -0.15) is 21.6 Å². The fourth-order valence-electron chi connectivity index (χ4n) is 2.87. The lowest BCUT2D eigenvalue weighted by molar-refractivity contribution is 0.215. The van der Waals surface area contributed by atoms with Gasteiger partial charge in [-0.25, -0.2) is 4.98 Å². The van der Waals surface area contributed by atoms with Gasteiger partial charge in [0.1, 0.15) is 11.9 Å². The van der Waals surface area contributed by atoms with Gasteiger partial charge >= 0.3 is 0 Å². The second kappa shape index (κ2) is 7.01. The van der Waals surface area contributed by atoms with Crippen molar-refractivity contribution in [3.05, 3.63) is 46.6 Å². The second-order valence-electron chi connectivity index (χ2n) is 5.77. The zero-order valence-corrected chi connectivity index (χ0v) is 14.3. The molecule has 126 valence electrons. The minimum atomic E-state index is 0.619. The van der Waals surface area contributed by atoms with Crippen LogP contribution in [0.2, 0.25) is 0 Å². The van der Waals surface area contributed by atoms with Gasteiger partial charge in [0, 0.05) is 43.3 Å². The minimum Gasteiger partial charge on any atom is -0.353 e. The standard InChI is InChI=1S/C17H16N6OS/c18-10-13-2-1-4-19-17(13)23-7-5-22(6-8-23)11-15-20-16(21-24-15)14-3-9-25-12-14/h1-4,9,12H,5-8,11H2. The molecule has 1 aliphatic heterocycles. The van der Waals surface area contributed by atoms with E-state index in [2.05, 4.69) is 31.0 Å². The molecule has 4 heterocycles. The van der Waals surface area contributed by atoms with E-state index in [1.165, 1.54) is 0 Å². The van der Waals surface area contributed by atoms with Crippen molar-refractivity contribution >= 4 is 17.2 Å². The van der Waals surface area contributed by atoms with Crippen LogP contribution in [0.25, 0.3) is 11.4 Å². The summed E-state index contributed by atoms with van der Waals surface area (Å²) in [5.41, 5.74) is 1.61. The second-order valence-corrected chi connectivity index (χ2v) is 6.55. The van der Waals surface area contributed by atoms with Gasteiger partial charge in [-0.1, -0.05) is 5.16 Å². The van der Waals surface area contributed by atoms with E-state index >= 15 is 0 Å². The first-order valence-corrected chi connectivity index (χ1v) is 8.95. The van der Waals surface area contributed by atoms with Gasteiger partial charge in [-0.05, 0) is 23.6 Å². The fraction of sp³-hybridized carbons (Fsp3) is 0.294. The molecule has 0 amide bonds. The van der Waals surface area contributed by atoms with Gasteiger partial charge in [0.2, 0.25) is 11.7 Å². The van der Waals surface area contributed by atoms with Crippen LogP contribution in [0, 0.1) is 11.3 Å². The lowest BCUT2D eigenvalue weighted by Crippen LogP contribution is -2.46. The maximum Gasteiger partial charge on any atom is 0.241 e. The highest BCUT2D eigenvalue weighted by Gasteiger charge is 2.22. The molecule has 0 atom stereocenters. The van der Waals surface area contributed by atoms with Crippen molar-refractivity contribution in [2.45, 2.75) is 6.54 Å². The molecule has 4 rings (SSSR count). The average Bonchev–Trinajstić information content (AvgIpc) is 3.34. The number of aromatic nitrogens is 3.